The van der Waals surface area contributed by atoms with Crippen molar-refractivity contribution in [1.29, 1.82) is 0 Å². The van der Waals surface area contributed by atoms with Crippen molar-refractivity contribution >= 4 is 34.2 Å². The third-order valence-corrected chi connectivity index (χ3v) is 11.4. The molecule has 2 aliphatic rings. The largest absolute Gasteiger partial charge is 0.494 e. The standard InChI is InChI=1S/C34H38BF5N2O5S/c1-33(2)34(3,4)47-35(46-33)24-15-17-25(18-16-24)42(19-21-11-13-23(14-12-21)22-9-7-6-8-10-22)26(43)20-41(5)48(44,45)32-30(39)28(37)27(36)29(38)31(32)40/h11-18,22H,6-10,19-20H2,1-5H3. The van der Waals surface area contributed by atoms with Crippen molar-refractivity contribution in [2.24, 2.45) is 0 Å². The summed E-state index contributed by atoms with van der Waals surface area (Å²) < 4.78 is 109. The molecule has 0 radical (unpaired) electrons. The van der Waals surface area contributed by atoms with Crippen molar-refractivity contribution in [2.45, 2.75) is 88.4 Å². The molecule has 258 valence electrons. The SMILES string of the molecule is CN(CC(=O)N(Cc1ccc(C2CCCCC2)cc1)c1ccc(B2OC(C)(C)C(C)(C)O2)cc1)S(=O)(=O)c1c(F)c(F)c(F)c(F)c1F. The van der Waals surface area contributed by atoms with E-state index in [1.165, 1.54) is 16.9 Å². The minimum absolute atomic E-state index is 0.00394. The molecule has 0 N–H and O–H groups in total. The van der Waals surface area contributed by atoms with Gasteiger partial charge >= 0.3 is 7.12 Å². The molecule has 3 aromatic rings. The average molecular weight is 693 g/mol. The van der Waals surface area contributed by atoms with Crippen molar-refractivity contribution < 1.29 is 44.5 Å². The lowest BCUT2D eigenvalue weighted by Crippen LogP contribution is -2.42. The van der Waals surface area contributed by atoms with E-state index in [2.05, 4.69) is 0 Å². The first kappa shape index (κ1) is 36.0. The van der Waals surface area contributed by atoms with Crippen molar-refractivity contribution in [3.8, 4) is 0 Å². The van der Waals surface area contributed by atoms with Crippen LogP contribution < -0.4 is 10.4 Å². The number of nitrogens with zero attached hydrogens (tertiary/aromatic N) is 2. The summed E-state index contributed by atoms with van der Waals surface area (Å²) >= 11 is 0. The van der Waals surface area contributed by atoms with Gasteiger partial charge in [-0.2, -0.15) is 4.31 Å². The second-order valence-electron chi connectivity index (χ2n) is 13.4. The molecule has 3 aromatic carbocycles. The molecule has 0 bridgehead atoms. The molecule has 5 rings (SSSR count). The molecule has 1 saturated heterocycles. The number of halogens is 5. The molecule has 0 spiro atoms. The predicted octanol–water partition coefficient (Wildman–Crippen LogP) is 6.58. The van der Waals surface area contributed by atoms with Crippen LogP contribution in [0.15, 0.2) is 53.4 Å². The number of carbonyl (C=O) groups is 1. The molecular weight excluding hydrogens is 654 g/mol. The Hall–Kier alpha value is -3.33. The predicted molar refractivity (Wildman–Crippen MR) is 172 cm³/mol. The van der Waals surface area contributed by atoms with Gasteiger partial charge in [-0.15, -0.1) is 0 Å². The van der Waals surface area contributed by atoms with Gasteiger partial charge in [0, 0.05) is 12.7 Å². The van der Waals surface area contributed by atoms with Crippen LogP contribution in [0.5, 0.6) is 0 Å². The number of carbonyl (C=O) groups excluding carboxylic acids is 1. The summed E-state index contributed by atoms with van der Waals surface area (Å²) in [5, 5.41) is 0. The van der Waals surface area contributed by atoms with E-state index in [1.807, 2.05) is 52.0 Å². The quantitative estimate of drug-likeness (QED) is 0.110. The number of anilines is 1. The highest BCUT2D eigenvalue weighted by Gasteiger charge is 2.51. The van der Waals surface area contributed by atoms with Gasteiger partial charge in [-0.3, -0.25) is 4.79 Å². The molecule has 48 heavy (non-hydrogen) atoms. The summed E-state index contributed by atoms with van der Waals surface area (Å²) in [6, 6.07) is 14.5. The Labute approximate surface area is 278 Å². The minimum atomic E-state index is -5.35. The van der Waals surface area contributed by atoms with Gasteiger partial charge in [0.2, 0.25) is 21.7 Å². The van der Waals surface area contributed by atoms with E-state index in [1.54, 1.807) is 24.3 Å². The maximum Gasteiger partial charge on any atom is 0.494 e. The monoisotopic (exact) mass is 692 g/mol. The highest BCUT2D eigenvalue weighted by atomic mass is 32.2. The van der Waals surface area contributed by atoms with Crippen LogP contribution in [0.2, 0.25) is 0 Å². The lowest BCUT2D eigenvalue weighted by Gasteiger charge is -2.32. The van der Waals surface area contributed by atoms with Crippen molar-refractivity contribution in [3.05, 3.63) is 88.7 Å². The Kier molecular flexibility index (Phi) is 10.1. The minimum Gasteiger partial charge on any atom is -0.399 e. The van der Waals surface area contributed by atoms with E-state index >= 15 is 0 Å². The van der Waals surface area contributed by atoms with Crippen LogP contribution in [0, 0.1) is 29.1 Å². The van der Waals surface area contributed by atoms with Gasteiger partial charge in [0.25, 0.3) is 0 Å². The first-order chi connectivity index (χ1) is 22.4. The van der Waals surface area contributed by atoms with Gasteiger partial charge in [0.1, 0.15) is 0 Å². The van der Waals surface area contributed by atoms with Crippen molar-refractivity contribution in [3.63, 3.8) is 0 Å². The van der Waals surface area contributed by atoms with Gasteiger partial charge in [0.15, 0.2) is 28.2 Å². The lowest BCUT2D eigenvalue weighted by molar-refractivity contribution is -0.118. The fourth-order valence-electron chi connectivity index (χ4n) is 5.96. The first-order valence-electron chi connectivity index (χ1n) is 15.8. The molecule has 1 aliphatic heterocycles. The van der Waals surface area contributed by atoms with Gasteiger partial charge in [-0.05, 0) is 75.2 Å². The second kappa shape index (κ2) is 13.5. The molecule has 2 fully saturated rings. The Morgan fingerprint density at radius 2 is 1.29 bits per heavy atom. The molecular formula is C34H38BF5N2O5S. The number of hydrogen-bond acceptors (Lipinski definition) is 5. The first-order valence-corrected chi connectivity index (χ1v) is 17.2. The van der Waals surface area contributed by atoms with Gasteiger partial charge < -0.3 is 14.2 Å². The fraction of sp³-hybridized carbons (Fsp3) is 0.441. The van der Waals surface area contributed by atoms with Crippen LogP contribution in [0.4, 0.5) is 27.6 Å². The third-order valence-electron chi connectivity index (χ3n) is 9.62. The van der Waals surface area contributed by atoms with Gasteiger partial charge in [0.05, 0.1) is 24.3 Å². The molecule has 1 amide bonds. The number of benzene rings is 3. The van der Waals surface area contributed by atoms with Crippen LogP contribution in [-0.2, 0) is 30.7 Å². The van der Waals surface area contributed by atoms with Crippen LogP contribution in [0.3, 0.4) is 0 Å². The van der Waals surface area contributed by atoms with Crippen molar-refractivity contribution in [2.75, 3.05) is 18.5 Å². The summed E-state index contributed by atoms with van der Waals surface area (Å²) in [4.78, 5) is 13.0. The molecule has 0 aromatic heterocycles. The molecule has 14 heteroatoms. The number of sulfonamides is 1. The molecule has 7 nitrogen and oxygen atoms in total. The topological polar surface area (TPSA) is 76.2 Å². The highest BCUT2D eigenvalue weighted by Crippen LogP contribution is 2.37. The normalized spacial score (nSPS) is 18.0. The summed E-state index contributed by atoms with van der Waals surface area (Å²) in [6.07, 6.45) is 5.75. The van der Waals surface area contributed by atoms with E-state index in [9.17, 15) is 35.2 Å². The maximum absolute atomic E-state index is 14.5. The lowest BCUT2D eigenvalue weighted by atomic mass is 9.79. The van der Waals surface area contributed by atoms with Gasteiger partial charge in [-0.1, -0.05) is 55.7 Å². The van der Waals surface area contributed by atoms with E-state index in [0.29, 0.717) is 17.1 Å². The zero-order valence-electron chi connectivity index (χ0n) is 27.5. The molecule has 0 unspecified atom stereocenters. The zero-order valence-corrected chi connectivity index (χ0v) is 28.3. The summed E-state index contributed by atoms with van der Waals surface area (Å²) in [5.74, 6) is -12.7. The van der Waals surface area contributed by atoms with E-state index in [-0.39, 0.29) is 10.8 Å². The van der Waals surface area contributed by atoms with Crippen LogP contribution in [0.1, 0.15) is 76.8 Å². The molecule has 0 atom stereocenters. The number of hydrogen-bond donors (Lipinski definition) is 0. The van der Waals surface area contributed by atoms with E-state index < -0.39 is 74.8 Å². The second-order valence-corrected chi connectivity index (χ2v) is 15.4. The summed E-state index contributed by atoms with van der Waals surface area (Å²) in [7, 11) is -5.21. The van der Waals surface area contributed by atoms with Crippen molar-refractivity contribution in [1.82, 2.24) is 4.31 Å². The number of likely N-dealkylation sites (N-methyl/N-ethyl adjacent to an activating group) is 1. The molecule has 1 saturated carbocycles. The van der Waals surface area contributed by atoms with E-state index in [0.717, 1.165) is 38.3 Å². The third kappa shape index (κ3) is 6.90. The van der Waals surface area contributed by atoms with Crippen LogP contribution in [0.25, 0.3) is 0 Å². The maximum atomic E-state index is 14.5. The Morgan fingerprint density at radius 3 is 1.81 bits per heavy atom. The zero-order chi connectivity index (χ0) is 35.2. The molecule has 1 heterocycles. The van der Waals surface area contributed by atoms with Crippen LogP contribution >= 0.6 is 0 Å². The summed E-state index contributed by atoms with van der Waals surface area (Å²) in [5.41, 5.74) is 1.77. The Balaban J connectivity index is 1.43. The molecule has 1 aliphatic carbocycles. The van der Waals surface area contributed by atoms with E-state index in [4.69, 9.17) is 9.31 Å². The average Bonchev–Trinajstić information content (AvgIpc) is 3.28. The Bertz CT molecular complexity index is 1740. The number of amides is 1. The number of rotatable bonds is 9. The fourth-order valence-corrected chi connectivity index (χ4v) is 7.18. The smallest absolute Gasteiger partial charge is 0.399 e. The highest BCUT2D eigenvalue weighted by molar-refractivity contribution is 7.89. The van der Waals surface area contributed by atoms with Crippen LogP contribution in [-0.4, -0.2) is 50.5 Å². The summed E-state index contributed by atoms with van der Waals surface area (Å²) in [6.45, 7) is 6.68. The van der Waals surface area contributed by atoms with Gasteiger partial charge in [-0.25, -0.2) is 30.4 Å². The Morgan fingerprint density at radius 1 is 0.792 bits per heavy atom.